The molecule has 1 amide bonds. The summed E-state index contributed by atoms with van der Waals surface area (Å²) in [5, 5.41) is 7.65. The van der Waals surface area contributed by atoms with Crippen molar-refractivity contribution in [3.8, 4) is 11.3 Å². The number of benzene rings is 2. The molecule has 29 heavy (non-hydrogen) atoms. The van der Waals surface area contributed by atoms with Gasteiger partial charge in [0.15, 0.2) is 5.76 Å². The van der Waals surface area contributed by atoms with Gasteiger partial charge in [-0.15, -0.1) is 11.3 Å². The van der Waals surface area contributed by atoms with Gasteiger partial charge in [-0.1, -0.05) is 41.6 Å². The molecule has 0 saturated carbocycles. The molecule has 1 fully saturated rings. The third kappa shape index (κ3) is 3.70. The largest absolute Gasteiger partial charge is 0.355 e. The summed E-state index contributed by atoms with van der Waals surface area (Å²) in [6.45, 7) is 1.56. The number of amides is 1. The van der Waals surface area contributed by atoms with Gasteiger partial charge in [-0.25, -0.2) is 0 Å². The highest BCUT2D eigenvalue weighted by atomic mass is 32.2. The van der Waals surface area contributed by atoms with Crippen molar-refractivity contribution in [1.82, 2.24) is 10.1 Å². The molecule has 1 aliphatic heterocycles. The van der Waals surface area contributed by atoms with Crippen LogP contribution in [0.15, 0.2) is 70.6 Å². The summed E-state index contributed by atoms with van der Waals surface area (Å²) in [5.41, 5.74) is 2.42. The van der Waals surface area contributed by atoms with Gasteiger partial charge in [0.25, 0.3) is 5.91 Å². The lowest BCUT2D eigenvalue weighted by molar-refractivity contribution is 0.0767. The van der Waals surface area contributed by atoms with E-state index in [0.717, 1.165) is 41.7 Å². The van der Waals surface area contributed by atoms with Gasteiger partial charge in [-0.2, -0.15) is 11.8 Å². The lowest BCUT2D eigenvalue weighted by Gasteiger charge is -2.20. The molecule has 1 atom stereocenters. The maximum atomic E-state index is 13.2. The Morgan fingerprint density at radius 3 is 2.79 bits per heavy atom. The fourth-order valence-corrected chi connectivity index (χ4v) is 5.97. The Kier molecular flexibility index (Phi) is 5.12. The molecule has 0 aliphatic carbocycles. The summed E-state index contributed by atoms with van der Waals surface area (Å²) in [6.07, 6.45) is 0.988. The normalized spacial score (nSPS) is 17.4. The van der Waals surface area contributed by atoms with Crippen LogP contribution >= 0.6 is 23.1 Å². The molecule has 5 rings (SSSR count). The van der Waals surface area contributed by atoms with Crippen LogP contribution in [0, 0.1) is 0 Å². The molecule has 0 N–H and O–H groups in total. The first-order valence-electron chi connectivity index (χ1n) is 9.69. The third-order valence-corrected chi connectivity index (χ3v) is 7.69. The number of rotatable bonds is 3. The Bertz CT molecular complexity index is 1120. The van der Waals surface area contributed by atoms with E-state index in [4.69, 9.17) is 4.52 Å². The number of hydrogen-bond acceptors (Lipinski definition) is 5. The molecule has 3 heterocycles. The van der Waals surface area contributed by atoms with E-state index in [1.54, 1.807) is 11.3 Å². The average molecular weight is 421 g/mol. The predicted molar refractivity (Wildman–Crippen MR) is 119 cm³/mol. The van der Waals surface area contributed by atoms with Crippen molar-refractivity contribution in [3.63, 3.8) is 0 Å². The molecule has 4 aromatic rings. The number of nitrogens with zero attached hydrogens (tertiary/aromatic N) is 2. The van der Waals surface area contributed by atoms with Crippen molar-refractivity contribution in [3.05, 3.63) is 76.5 Å². The summed E-state index contributed by atoms with van der Waals surface area (Å²) in [5.74, 6) is 1.75. The van der Waals surface area contributed by atoms with Crippen LogP contribution in [-0.2, 0) is 0 Å². The molecule has 0 bridgehead atoms. The first kappa shape index (κ1) is 18.5. The lowest BCUT2D eigenvalue weighted by atomic mass is 10.1. The van der Waals surface area contributed by atoms with Crippen LogP contribution in [0.1, 0.15) is 26.9 Å². The molecule has 1 saturated heterocycles. The fraction of sp³-hybridized carbons (Fsp3) is 0.217. The van der Waals surface area contributed by atoms with E-state index in [-0.39, 0.29) is 5.91 Å². The van der Waals surface area contributed by atoms with Gasteiger partial charge in [0.1, 0.15) is 5.52 Å². The highest BCUT2D eigenvalue weighted by molar-refractivity contribution is 7.99. The number of carbonyl (C=O) groups is 1. The summed E-state index contributed by atoms with van der Waals surface area (Å²) in [6, 6.07) is 19.8. The molecular weight excluding hydrogens is 400 g/mol. The molecule has 146 valence electrons. The number of carbonyl (C=O) groups excluding carboxylic acids is 1. The van der Waals surface area contributed by atoms with E-state index in [0.29, 0.717) is 16.6 Å². The van der Waals surface area contributed by atoms with Crippen LogP contribution in [0.5, 0.6) is 0 Å². The average Bonchev–Trinajstić information content (AvgIpc) is 3.38. The van der Waals surface area contributed by atoms with Crippen molar-refractivity contribution < 1.29 is 9.32 Å². The van der Waals surface area contributed by atoms with Gasteiger partial charge < -0.3 is 9.42 Å². The summed E-state index contributed by atoms with van der Waals surface area (Å²) < 4.78 is 5.58. The fourth-order valence-electron chi connectivity index (χ4n) is 3.73. The van der Waals surface area contributed by atoms with Gasteiger partial charge in [0, 0.05) is 40.1 Å². The van der Waals surface area contributed by atoms with Crippen LogP contribution in [0.4, 0.5) is 0 Å². The van der Waals surface area contributed by atoms with Gasteiger partial charge in [0.05, 0.1) is 5.39 Å². The molecule has 6 heteroatoms. The molecule has 0 unspecified atom stereocenters. The smallest absolute Gasteiger partial charge is 0.253 e. The van der Waals surface area contributed by atoms with Crippen molar-refractivity contribution in [2.24, 2.45) is 0 Å². The van der Waals surface area contributed by atoms with Crippen molar-refractivity contribution in [2.75, 3.05) is 18.8 Å². The second-order valence-electron chi connectivity index (χ2n) is 7.07. The quantitative estimate of drug-likeness (QED) is 0.415. The molecule has 0 spiro atoms. The zero-order valence-electron chi connectivity index (χ0n) is 15.8. The van der Waals surface area contributed by atoms with Crippen molar-refractivity contribution in [1.29, 1.82) is 0 Å². The maximum Gasteiger partial charge on any atom is 0.253 e. The van der Waals surface area contributed by atoms with Crippen LogP contribution in [0.25, 0.3) is 22.2 Å². The summed E-state index contributed by atoms with van der Waals surface area (Å²) >= 11 is 3.76. The first-order valence-corrected chi connectivity index (χ1v) is 11.6. The number of thiophene rings is 1. The lowest BCUT2D eigenvalue weighted by Crippen LogP contribution is -2.32. The summed E-state index contributed by atoms with van der Waals surface area (Å²) in [4.78, 5) is 16.6. The monoisotopic (exact) mass is 420 g/mol. The van der Waals surface area contributed by atoms with Gasteiger partial charge in [-0.3, -0.25) is 4.79 Å². The van der Waals surface area contributed by atoms with Gasteiger partial charge >= 0.3 is 0 Å². The van der Waals surface area contributed by atoms with Crippen LogP contribution in [-0.4, -0.2) is 34.8 Å². The topological polar surface area (TPSA) is 46.3 Å². The van der Waals surface area contributed by atoms with Crippen LogP contribution < -0.4 is 0 Å². The molecule has 2 aromatic heterocycles. The highest BCUT2D eigenvalue weighted by Crippen LogP contribution is 2.37. The van der Waals surface area contributed by atoms with E-state index in [1.807, 2.05) is 65.2 Å². The highest BCUT2D eigenvalue weighted by Gasteiger charge is 2.24. The Hall–Kier alpha value is -2.57. The second kappa shape index (κ2) is 8.05. The number of fused-ring (bicyclic) bond motifs is 1. The van der Waals surface area contributed by atoms with Gasteiger partial charge in [0.2, 0.25) is 0 Å². The Labute approximate surface area is 177 Å². The number of hydrogen-bond donors (Lipinski definition) is 0. The predicted octanol–water partition coefficient (Wildman–Crippen LogP) is 5.88. The number of aromatic nitrogens is 1. The van der Waals surface area contributed by atoms with E-state index in [2.05, 4.69) is 22.7 Å². The Morgan fingerprint density at radius 2 is 1.97 bits per heavy atom. The van der Waals surface area contributed by atoms with E-state index in [9.17, 15) is 4.79 Å². The minimum absolute atomic E-state index is 0.0829. The molecule has 2 aromatic carbocycles. The second-order valence-corrected chi connectivity index (χ2v) is 9.36. The first-order chi connectivity index (χ1) is 14.3. The molecule has 4 nitrogen and oxygen atoms in total. The van der Waals surface area contributed by atoms with Crippen molar-refractivity contribution >= 4 is 39.9 Å². The molecule has 1 aliphatic rings. The minimum Gasteiger partial charge on any atom is -0.355 e. The maximum absolute atomic E-state index is 13.2. The Balaban J connectivity index is 1.39. The van der Waals surface area contributed by atoms with Gasteiger partial charge in [-0.05, 0) is 36.1 Å². The van der Waals surface area contributed by atoms with Crippen LogP contribution in [0.3, 0.4) is 0 Å². The van der Waals surface area contributed by atoms with E-state index >= 15 is 0 Å². The zero-order chi connectivity index (χ0) is 19.6. The van der Waals surface area contributed by atoms with Crippen molar-refractivity contribution in [2.45, 2.75) is 11.7 Å². The standard InChI is InChI=1S/C23H20N2O2S2/c26-23(25-11-10-21(29-14-12-25)20-7-4-13-28-20)17-8-9-19-18(15-17)22(27-24-19)16-5-2-1-3-6-16/h1-9,13,15,21H,10-12,14H2/t21-/m1/s1. The summed E-state index contributed by atoms with van der Waals surface area (Å²) in [7, 11) is 0. The van der Waals surface area contributed by atoms with Crippen LogP contribution in [0.2, 0.25) is 0 Å². The zero-order valence-corrected chi connectivity index (χ0v) is 17.4. The molecular formula is C23H20N2O2S2. The Morgan fingerprint density at radius 1 is 1.07 bits per heavy atom. The van der Waals surface area contributed by atoms with E-state index in [1.165, 1.54) is 4.88 Å². The third-order valence-electron chi connectivity index (χ3n) is 5.25. The SMILES string of the molecule is O=C(c1ccc2noc(-c3ccccc3)c2c1)N1CCS[C@@H](c2cccs2)CC1. The number of thioether (sulfide) groups is 1. The molecule has 0 radical (unpaired) electrons. The van der Waals surface area contributed by atoms with E-state index < -0.39 is 0 Å². The minimum atomic E-state index is 0.0829.